The number of para-hydroxylation sites is 2. The molecule has 3 aromatic rings. The SMILES string of the molecule is O=C(COc1ccc([N+](=O)[O-])cc1Cl)N1CCC(c2nc3ccccc3o2)CC1. The molecule has 1 fully saturated rings. The van der Waals surface area contributed by atoms with Gasteiger partial charge in [-0.3, -0.25) is 14.9 Å². The van der Waals surface area contributed by atoms with Gasteiger partial charge in [0.2, 0.25) is 0 Å². The fourth-order valence-corrected chi connectivity index (χ4v) is 3.62. The van der Waals surface area contributed by atoms with Crippen molar-refractivity contribution in [2.45, 2.75) is 18.8 Å². The van der Waals surface area contributed by atoms with Crippen LogP contribution in [0, 0.1) is 10.1 Å². The maximum atomic E-state index is 12.5. The van der Waals surface area contributed by atoms with Gasteiger partial charge in [-0.1, -0.05) is 23.7 Å². The van der Waals surface area contributed by atoms with E-state index in [4.69, 9.17) is 20.8 Å². The molecule has 0 radical (unpaired) electrons. The molecule has 4 rings (SSSR count). The van der Waals surface area contributed by atoms with Gasteiger partial charge >= 0.3 is 0 Å². The molecule has 1 saturated heterocycles. The Bertz CT molecular complexity index is 1030. The molecule has 2 aromatic carbocycles. The van der Waals surface area contributed by atoms with E-state index in [9.17, 15) is 14.9 Å². The standard InChI is InChI=1S/C20H18ClN3O5/c21-15-11-14(24(26)27)5-6-17(15)28-12-19(25)23-9-7-13(8-10-23)20-22-16-3-1-2-4-18(16)29-20/h1-6,11,13H,7-10,12H2. The summed E-state index contributed by atoms with van der Waals surface area (Å²) in [4.78, 5) is 29.0. The number of carbonyl (C=O) groups excluding carboxylic acids is 1. The van der Waals surface area contributed by atoms with E-state index in [1.807, 2.05) is 24.3 Å². The fraction of sp³-hybridized carbons (Fsp3) is 0.300. The lowest BCUT2D eigenvalue weighted by Gasteiger charge is -2.30. The summed E-state index contributed by atoms with van der Waals surface area (Å²) in [5.74, 6) is 0.978. The summed E-state index contributed by atoms with van der Waals surface area (Å²) in [6.45, 7) is 0.990. The number of piperidine rings is 1. The highest BCUT2D eigenvalue weighted by atomic mass is 35.5. The average Bonchev–Trinajstić information content (AvgIpc) is 3.17. The van der Waals surface area contributed by atoms with Gasteiger partial charge in [-0.2, -0.15) is 0 Å². The molecule has 29 heavy (non-hydrogen) atoms. The second-order valence-electron chi connectivity index (χ2n) is 6.84. The summed E-state index contributed by atoms with van der Waals surface area (Å²) in [7, 11) is 0. The highest BCUT2D eigenvalue weighted by Crippen LogP contribution is 2.31. The van der Waals surface area contributed by atoms with E-state index in [0.717, 1.165) is 23.9 Å². The van der Waals surface area contributed by atoms with Gasteiger partial charge < -0.3 is 14.1 Å². The van der Waals surface area contributed by atoms with E-state index < -0.39 is 4.92 Å². The lowest BCUT2D eigenvalue weighted by atomic mass is 9.97. The van der Waals surface area contributed by atoms with Crippen molar-refractivity contribution in [2.24, 2.45) is 0 Å². The topological polar surface area (TPSA) is 98.7 Å². The van der Waals surface area contributed by atoms with Crippen LogP contribution < -0.4 is 4.74 Å². The van der Waals surface area contributed by atoms with Crippen LogP contribution in [0.15, 0.2) is 46.9 Å². The Kier molecular flexibility index (Phi) is 5.35. The number of hydrogen-bond acceptors (Lipinski definition) is 6. The number of rotatable bonds is 5. The van der Waals surface area contributed by atoms with E-state index in [1.54, 1.807) is 4.90 Å². The van der Waals surface area contributed by atoms with Crippen LogP contribution in [-0.4, -0.2) is 40.4 Å². The highest BCUT2D eigenvalue weighted by Gasteiger charge is 2.27. The largest absolute Gasteiger partial charge is 0.482 e. The number of likely N-dealkylation sites (tertiary alicyclic amines) is 1. The average molecular weight is 416 g/mol. The minimum atomic E-state index is -0.540. The van der Waals surface area contributed by atoms with Gasteiger partial charge in [0.05, 0.1) is 9.95 Å². The predicted octanol–water partition coefficient (Wildman–Crippen LogP) is 4.17. The number of hydrogen-bond donors (Lipinski definition) is 0. The van der Waals surface area contributed by atoms with Crippen LogP contribution in [0.2, 0.25) is 5.02 Å². The number of aromatic nitrogens is 1. The lowest BCUT2D eigenvalue weighted by molar-refractivity contribution is -0.384. The van der Waals surface area contributed by atoms with Crippen LogP contribution in [-0.2, 0) is 4.79 Å². The Morgan fingerprint density at radius 3 is 2.72 bits per heavy atom. The Hall–Kier alpha value is -3.13. The molecule has 0 aliphatic carbocycles. The first-order chi connectivity index (χ1) is 14.0. The first-order valence-electron chi connectivity index (χ1n) is 9.21. The van der Waals surface area contributed by atoms with Crippen LogP contribution >= 0.6 is 11.6 Å². The van der Waals surface area contributed by atoms with Crippen molar-refractivity contribution in [3.8, 4) is 5.75 Å². The van der Waals surface area contributed by atoms with E-state index >= 15 is 0 Å². The second-order valence-corrected chi connectivity index (χ2v) is 7.24. The minimum absolute atomic E-state index is 0.0988. The number of nitrogens with zero attached hydrogens (tertiary/aromatic N) is 3. The monoisotopic (exact) mass is 415 g/mol. The Labute approximate surface area is 171 Å². The van der Waals surface area contributed by atoms with Crippen molar-refractivity contribution in [1.82, 2.24) is 9.88 Å². The molecular weight excluding hydrogens is 398 g/mol. The number of carbonyl (C=O) groups is 1. The molecule has 0 unspecified atom stereocenters. The summed E-state index contributed by atoms with van der Waals surface area (Å²) in [6.07, 6.45) is 1.52. The number of nitro benzene ring substituents is 1. The normalized spacial score (nSPS) is 14.9. The summed E-state index contributed by atoms with van der Waals surface area (Å²) in [6, 6.07) is 11.5. The molecule has 9 heteroatoms. The third-order valence-electron chi connectivity index (χ3n) is 4.98. The second kappa shape index (κ2) is 8.08. The summed E-state index contributed by atoms with van der Waals surface area (Å²) in [5, 5.41) is 10.8. The summed E-state index contributed by atoms with van der Waals surface area (Å²) < 4.78 is 11.3. The Morgan fingerprint density at radius 2 is 2.03 bits per heavy atom. The van der Waals surface area contributed by atoms with E-state index in [1.165, 1.54) is 18.2 Å². The van der Waals surface area contributed by atoms with Gasteiger partial charge in [0.1, 0.15) is 11.3 Å². The quantitative estimate of drug-likeness (QED) is 0.458. The number of oxazole rings is 1. The Morgan fingerprint density at radius 1 is 1.28 bits per heavy atom. The zero-order chi connectivity index (χ0) is 20.4. The smallest absolute Gasteiger partial charge is 0.271 e. The minimum Gasteiger partial charge on any atom is -0.482 e. The van der Waals surface area contributed by atoms with E-state index in [-0.39, 0.29) is 34.9 Å². The molecule has 0 N–H and O–H groups in total. The van der Waals surface area contributed by atoms with Crippen molar-refractivity contribution in [3.63, 3.8) is 0 Å². The highest BCUT2D eigenvalue weighted by molar-refractivity contribution is 6.32. The maximum absolute atomic E-state index is 12.5. The summed E-state index contributed by atoms with van der Waals surface area (Å²) in [5.41, 5.74) is 1.48. The molecule has 0 saturated carbocycles. The van der Waals surface area contributed by atoms with Crippen LogP contribution in [0.1, 0.15) is 24.7 Å². The van der Waals surface area contributed by atoms with Gasteiger partial charge in [-0.05, 0) is 31.0 Å². The molecular formula is C20H18ClN3O5. The van der Waals surface area contributed by atoms with Crippen LogP contribution in [0.5, 0.6) is 5.75 Å². The van der Waals surface area contributed by atoms with Crippen molar-refractivity contribution in [1.29, 1.82) is 0 Å². The van der Waals surface area contributed by atoms with Crippen molar-refractivity contribution < 1.29 is 18.9 Å². The summed E-state index contributed by atoms with van der Waals surface area (Å²) >= 11 is 5.99. The Balaban J connectivity index is 1.31. The van der Waals surface area contributed by atoms with Gasteiger partial charge in [-0.15, -0.1) is 0 Å². The predicted molar refractivity (Wildman–Crippen MR) is 106 cm³/mol. The number of fused-ring (bicyclic) bond motifs is 1. The first kappa shape index (κ1) is 19.2. The molecule has 1 aromatic heterocycles. The van der Waals surface area contributed by atoms with Gasteiger partial charge in [0.25, 0.3) is 11.6 Å². The zero-order valence-electron chi connectivity index (χ0n) is 15.4. The number of amides is 1. The van der Waals surface area contributed by atoms with Crippen LogP contribution in [0.4, 0.5) is 5.69 Å². The van der Waals surface area contributed by atoms with E-state index in [0.29, 0.717) is 19.0 Å². The number of halogens is 1. The van der Waals surface area contributed by atoms with Gasteiger partial charge in [-0.25, -0.2) is 4.98 Å². The maximum Gasteiger partial charge on any atom is 0.271 e. The fourth-order valence-electron chi connectivity index (χ4n) is 3.39. The van der Waals surface area contributed by atoms with Gasteiger partial charge in [0.15, 0.2) is 18.1 Å². The third-order valence-corrected chi connectivity index (χ3v) is 5.28. The first-order valence-corrected chi connectivity index (χ1v) is 9.59. The van der Waals surface area contributed by atoms with Crippen molar-refractivity contribution in [2.75, 3.05) is 19.7 Å². The number of nitro groups is 1. The zero-order valence-corrected chi connectivity index (χ0v) is 16.2. The van der Waals surface area contributed by atoms with Crippen molar-refractivity contribution in [3.05, 3.63) is 63.5 Å². The van der Waals surface area contributed by atoms with Gasteiger partial charge in [0, 0.05) is 31.1 Å². The third kappa shape index (κ3) is 4.17. The van der Waals surface area contributed by atoms with Crippen molar-refractivity contribution >= 4 is 34.3 Å². The molecule has 1 aliphatic heterocycles. The lowest BCUT2D eigenvalue weighted by Crippen LogP contribution is -2.40. The van der Waals surface area contributed by atoms with Crippen LogP contribution in [0.3, 0.4) is 0 Å². The molecule has 1 aliphatic rings. The molecule has 150 valence electrons. The molecule has 8 nitrogen and oxygen atoms in total. The molecule has 0 spiro atoms. The molecule has 0 atom stereocenters. The number of ether oxygens (including phenoxy) is 1. The molecule has 1 amide bonds. The molecule has 2 heterocycles. The number of benzene rings is 2. The molecule has 0 bridgehead atoms. The van der Waals surface area contributed by atoms with E-state index in [2.05, 4.69) is 4.98 Å². The number of non-ortho nitro benzene ring substituents is 1. The van der Waals surface area contributed by atoms with Crippen LogP contribution in [0.25, 0.3) is 11.1 Å².